The number of carbonyl (C=O) groups is 1. The van der Waals surface area contributed by atoms with Crippen LogP contribution >= 0.6 is 11.8 Å². The Balaban J connectivity index is 2.14. The second kappa shape index (κ2) is 7.31. The van der Waals surface area contributed by atoms with Crippen molar-refractivity contribution in [3.05, 3.63) is 17.1 Å². The Morgan fingerprint density at radius 1 is 1.30 bits per heavy atom. The number of hydrogen-bond acceptors (Lipinski definition) is 5. The Bertz CT molecular complexity index is 630. The van der Waals surface area contributed by atoms with Crippen molar-refractivity contribution in [2.45, 2.75) is 51.3 Å². The fourth-order valence-corrected chi connectivity index (χ4v) is 4.29. The third-order valence-corrected chi connectivity index (χ3v) is 5.17. The van der Waals surface area contributed by atoms with E-state index in [1.54, 1.807) is 13.8 Å². The zero-order chi connectivity index (χ0) is 17.1. The van der Waals surface area contributed by atoms with Crippen molar-refractivity contribution in [3.63, 3.8) is 0 Å². The molecule has 1 aliphatic heterocycles. The topological polar surface area (TPSA) is 69.9 Å². The molecule has 1 aliphatic rings. The van der Waals surface area contributed by atoms with Crippen LogP contribution in [0.5, 0.6) is 0 Å². The summed E-state index contributed by atoms with van der Waals surface area (Å²) >= 11 is 1.36. The molecule has 6 heteroatoms. The van der Waals surface area contributed by atoms with Gasteiger partial charge in [-0.2, -0.15) is 5.26 Å². The van der Waals surface area contributed by atoms with Gasteiger partial charge in [-0.15, -0.1) is 0 Å². The van der Waals surface area contributed by atoms with E-state index in [0.717, 1.165) is 13.1 Å². The minimum Gasteiger partial charge on any atom is -0.341 e. The van der Waals surface area contributed by atoms with Crippen molar-refractivity contribution < 1.29 is 4.79 Å². The average molecular weight is 332 g/mol. The van der Waals surface area contributed by atoms with Gasteiger partial charge in [0.1, 0.15) is 22.5 Å². The molecule has 0 radical (unpaired) electrons. The van der Waals surface area contributed by atoms with E-state index in [0.29, 0.717) is 33.9 Å². The summed E-state index contributed by atoms with van der Waals surface area (Å²) in [4.78, 5) is 23.3. The predicted molar refractivity (Wildman–Crippen MR) is 91.1 cm³/mol. The minimum absolute atomic E-state index is 0.131. The number of amides is 1. The third kappa shape index (κ3) is 4.23. The number of rotatable bonds is 3. The lowest BCUT2D eigenvalue weighted by molar-refractivity contribution is -0.132. The monoisotopic (exact) mass is 332 g/mol. The molecule has 0 aliphatic carbocycles. The molecule has 3 unspecified atom stereocenters. The van der Waals surface area contributed by atoms with E-state index >= 15 is 0 Å². The molecule has 0 saturated carbocycles. The van der Waals surface area contributed by atoms with Gasteiger partial charge in [0.2, 0.25) is 5.91 Å². The van der Waals surface area contributed by atoms with Gasteiger partial charge < -0.3 is 4.90 Å². The maximum Gasteiger partial charge on any atom is 0.235 e. The summed E-state index contributed by atoms with van der Waals surface area (Å²) in [5.41, 5.74) is 1.14. The second-order valence-electron chi connectivity index (χ2n) is 6.60. The summed E-state index contributed by atoms with van der Waals surface area (Å²) in [7, 11) is 0. The molecule has 1 fully saturated rings. The summed E-state index contributed by atoms with van der Waals surface area (Å²) in [5.74, 6) is 1.84. The van der Waals surface area contributed by atoms with Gasteiger partial charge in [0.15, 0.2) is 0 Å². The molecular formula is C17H24N4OS. The van der Waals surface area contributed by atoms with Crippen molar-refractivity contribution >= 4 is 17.7 Å². The number of nitriles is 1. The van der Waals surface area contributed by atoms with Gasteiger partial charge in [-0.05, 0) is 39.0 Å². The van der Waals surface area contributed by atoms with Crippen LogP contribution < -0.4 is 0 Å². The fraction of sp³-hybridized carbons (Fsp3) is 0.647. The second-order valence-corrected chi connectivity index (χ2v) is 7.93. The zero-order valence-electron chi connectivity index (χ0n) is 14.5. The molecule has 0 spiro atoms. The van der Waals surface area contributed by atoms with Crippen LogP contribution in [0.2, 0.25) is 0 Å². The molecule has 0 aromatic carbocycles. The Labute approximate surface area is 142 Å². The van der Waals surface area contributed by atoms with Gasteiger partial charge in [0.25, 0.3) is 0 Å². The van der Waals surface area contributed by atoms with E-state index in [9.17, 15) is 10.1 Å². The summed E-state index contributed by atoms with van der Waals surface area (Å²) in [5, 5.41) is 9.67. The number of nitrogens with zero attached hydrogens (tertiary/aromatic N) is 4. The number of carbonyl (C=O) groups excluding carboxylic acids is 1. The number of hydrogen-bond donors (Lipinski definition) is 0. The highest BCUT2D eigenvalue weighted by Crippen LogP contribution is 2.29. The molecule has 0 N–H and O–H groups in total. The SMILES string of the molecule is Cc1nc(C)c(C#N)c(SC(C)C(=O)N2CC(C)CC(C)C2)n1. The maximum absolute atomic E-state index is 12.7. The van der Waals surface area contributed by atoms with Gasteiger partial charge in [-0.3, -0.25) is 4.79 Å². The lowest BCUT2D eigenvalue weighted by Crippen LogP contribution is -2.45. The van der Waals surface area contributed by atoms with Crippen LogP contribution in [0.15, 0.2) is 5.03 Å². The van der Waals surface area contributed by atoms with Crippen LogP contribution in [-0.4, -0.2) is 39.1 Å². The van der Waals surface area contributed by atoms with E-state index in [-0.39, 0.29) is 11.2 Å². The molecule has 1 amide bonds. The molecule has 2 rings (SSSR count). The minimum atomic E-state index is -0.256. The van der Waals surface area contributed by atoms with Crippen LogP contribution in [-0.2, 0) is 4.79 Å². The number of aryl methyl sites for hydroxylation is 2. The van der Waals surface area contributed by atoms with Crippen LogP contribution in [0.25, 0.3) is 0 Å². The Morgan fingerprint density at radius 3 is 2.48 bits per heavy atom. The molecule has 5 nitrogen and oxygen atoms in total. The first-order chi connectivity index (χ1) is 10.8. The number of aromatic nitrogens is 2. The van der Waals surface area contributed by atoms with Gasteiger partial charge in [0, 0.05) is 13.1 Å². The summed E-state index contributed by atoms with van der Waals surface area (Å²) < 4.78 is 0. The zero-order valence-corrected chi connectivity index (χ0v) is 15.3. The van der Waals surface area contributed by atoms with Crippen molar-refractivity contribution in [2.75, 3.05) is 13.1 Å². The van der Waals surface area contributed by atoms with E-state index in [1.807, 2.05) is 11.8 Å². The largest absolute Gasteiger partial charge is 0.341 e. The lowest BCUT2D eigenvalue weighted by atomic mass is 9.92. The summed E-state index contributed by atoms with van der Waals surface area (Å²) in [6.07, 6.45) is 1.17. The van der Waals surface area contributed by atoms with Crippen LogP contribution in [0.3, 0.4) is 0 Å². The smallest absolute Gasteiger partial charge is 0.235 e. The quantitative estimate of drug-likeness (QED) is 0.629. The normalized spacial score (nSPS) is 22.5. The molecule has 1 saturated heterocycles. The Kier molecular flexibility index (Phi) is 5.64. The fourth-order valence-electron chi connectivity index (χ4n) is 3.21. The summed E-state index contributed by atoms with van der Waals surface area (Å²) in [6, 6.07) is 2.16. The lowest BCUT2D eigenvalue weighted by Gasteiger charge is -2.36. The van der Waals surface area contributed by atoms with E-state index < -0.39 is 0 Å². The summed E-state index contributed by atoms with van der Waals surface area (Å²) in [6.45, 7) is 11.5. The van der Waals surface area contributed by atoms with Gasteiger partial charge in [-0.1, -0.05) is 25.6 Å². The molecule has 0 bridgehead atoms. The van der Waals surface area contributed by atoms with Crippen molar-refractivity contribution in [2.24, 2.45) is 11.8 Å². The first kappa shape index (κ1) is 17.7. The molecule has 23 heavy (non-hydrogen) atoms. The highest BCUT2D eigenvalue weighted by molar-refractivity contribution is 8.00. The Morgan fingerprint density at radius 2 is 1.91 bits per heavy atom. The van der Waals surface area contributed by atoms with E-state index in [1.165, 1.54) is 18.2 Å². The molecular weight excluding hydrogens is 308 g/mol. The highest BCUT2D eigenvalue weighted by atomic mass is 32.2. The van der Waals surface area contributed by atoms with Crippen LogP contribution in [0.1, 0.15) is 44.3 Å². The first-order valence-corrected chi connectivity index (χ1v) is 8.90. The standard InChI is InChI=1S/C17H24N4OS/c1-10-6-11(2)9-21(8-10)17(22)13(4)23-16-15(7-18)12(3)19-14(5)20-16/h10-11,13H,6,8-9H2,1-5H3. The van der Waals surface area contributed by atoms with Crippen molar-refractivity contribution in [1.82, 2.24) is 14.9 Å². The average Bonchev–Trinajstić information content (AvgIpc) is 2.45. The third-order valence-electron chi connectivity index (χ3n) is 4.10. The predicted octanol–water partition coefficient (Wildman–Crippen LogP) is 2.95. The molecule has 1 aromatic rings. The van der Waals surface area contributed by atoms with Crippen LogP contribution in [0, 0.1) is 37.0 Å². The molecule has 1 aromatic heterocycles. The number of piperidine rings is 1. The van der Waals surface area contributed by atoms with Gasteiger partial charge in [-0.25, -0.2) is 9.97 Å². The van der Waals surface area contributed by atoms with Crippen molar-refractivity contribution in [3.8, 4) is 6.07 Å². The number of likely N-dealkylation sites (tertiary alicyclic amines) is 1. The van der Waals surface area contributed by atoms with Crippen LogP contribution in [0.4, 0.5) is 0 Å². The first-order valence-electron chi connectivity index (χ1n) is 8.02. The maximum atomic E-state index is 12.7. The van der Waals surface area contributed by atoms with Gasteiger partial charge in [0.05, 0.1) is 10.9 Å². The van der Waals surface area contributed by atoms with E-state index in [2.05, 4.69) is 29.9 Å². The van der Waals surface area contributed by atoms with E-state index in [4.69, 9.17) is 0 Å². The molecule has 124 valence electrons. The van der Waals surface area contributed by atoms with Gasteiger partial charge >= 0.3 is 0 Å². The molecule has 3 atom stereocenters. The Hall–Kier alpha value is -1.61. The van der Waals surface area contributed by atoms with Crippen molar-refractivity contribution in [1.29, 1.82) is 5.26 Å². The molecule has 2 heterocycles. The highest BCUT2D eigenvalue weighted by Gasteiger charge is 2.29. The number of thioether (sulfide) groups is 1.